The fourth-order valence-electron chi connectivity index (χ4n) is 3.40. The summed E-state index contributed by atoms with van der Waals surface area (Å²) in [6.07, 6.45) is 10.4. The molecule has 1 fully saturated rings. The molecule has 2 rings (SSSR count). The van der Waals surface area contributed by atoms with E-state index >= 15 is 0 Å². The normalized spacial score (nSPS) is 33.6. The lowest BCUT2D eigenvalue weighted by molar-refractivity contribution is -0.147. The third-order valence-corrected chi connectivity index (χ3v) is 4.86. The van der Waals surface area contributed by atoms with Gasteiger partial charge in [0.1, 0.15) is 0 Å². The van der Waals surface area contributed by atoms with E-state index in [-0.39, 0.29) is 11.9 Å². The second-order valence-corrected chi connectivity index (χ2v) is 6.13. The van der Waals surface area contributed by atoms with Gasteiger partial charge in [-0.2, -0.15) is 0 Å². The number of hydrogen-bond acceptors (Lipinski definition) is 2. The van der Waals surface area contributed by atoms with Crippen LogP contribution in [0.2, 0.25) is 0 Å². The Bertz CT molecular complexity index is 383. The van der Waals surface area contributed by atoms with Crippen molar-refractivity contribution in [1.82, 2.24) is 5.32 Å². The van der Waals surface area contributed by atoms with Crippen molar-refractivity contribution < 1.29 is 14.7 Å². The van der Waals surface area contributed by atoms with Crippen LogP contribution >= 0.6 is 0 Å². The Hall–Kier alpha value is -1.32. The first-order valence-electron chi connectivity index (χ1n) is 7.80. The van der Waals surface area contributed by atoms with E-state index in [2.05, 4.69) is 12.2 Å². The lowest BCUT2D eigenvalue weighted by Gasteiger charge is -2.31. The molecule has 4 heteroatoms. The molecule has 20 heavy (non-hydrogen) atoms. The number of aliphatic carboxylic acids is 1. The molecule has 0 spiro atoms. The highest BCUT2D eigenvalue weighted by atomic mass is 16.4. The molecule has 2 unspecified atom stereocenters. The SMILES string of the molecule is CCC1CCC(NC(=O)C2CC=CCC2C(=O)O)CC1. The van der Waals surface area contributed by atoms with Gasteiger partial charge < -0.3 is 10.4 Å². The van der Waals surface area contributed by atoms with Crippen LogP contribution in [0.15, 0.2) is 12.2 Å². The highest BCUT2D eigenvalue weighted by Crippen LogP contribution is 2.29. The molecule has 2 aliphatic rings. The summed E-state index contributed by atoms with van der Waals surface area (Å²) in [5.41, 5.74) is 0. The molecule has 0 aromatic heterocycles. The van der Waals surface area contributed by atoms with Gasteiger partial charge in [0.2, 0.25) is 5.91 Å². The summed E-state index contributed by atoms with van der Waals surface area (Å²) in [4.78, 5) is 23.6. The van der Waals surface area contributed by atoms with Crippen molar-refractivity contribution in [3.8, 4) is 0 Å². The van der Waals surface area contributed by atoms with Gasteiger partial charge in [-0.05, 0) is 44.4 Å². The molecule has 1 saturated carbocycles. The zero-order valence-electron chi connectivity index (χ0n) is 12.2. The Morgan fingerprint density at radius 3 is 2.25 bits per heavy atom. The number of allylic oxidation sites excluding steroid dienone is 2. The van der Waals surface area contributed by atoms with Crippen molar-refractivity contribution in [3.63, 3.8) is 0 Å². The predicted molar refractivity (Wildman–Crippen MR) is 77.2 cm³/mol. The number of carbonyl (C=O) groups excluding carboxylic acids is 1. The van der Waals surface area contributed by atoms with Crippen LogP contribution in [0.1, 0.15) is 51.9 Å². The number of carboxylic acid groups (broad SMARTS) is 1. The lowest BCUT2D eigenvalue weighted by atomic mass is 9.81. The summed E-state index contributed by atoms with van der Waals surface area (Å²) < 4.78 is 0. The molecule has 2 atom stereocenters. The zero-order chi connectivity index (χ0) is 14.5. The van der Waals surface area contributed by atoms with Crippen molar-refractivity contribution in [1.29, 1.82) is 0 Å². The van der Waals surface area contributed by atoms with Gasteiger partial charge in [-0.3, -0.25) is 9.59 Å². The summed E-state index contributed by atoms with van der Waals surface area (Å²) >= 11 is 0. The number of carbonyl (C=O) groups is 2. The molecule has 0 radical (unpaired) electrons. The smallest absolute Gasteiger partial charge is 0.307 e. The molecule has 0 saturated heterocycles. The van der Waals surface area contributed by atoms with Crippen LogP contribution in [0.5, 0.6) is 0 Å². The average molecular weight is 279 g/mol. The second-order valence-electron chi connectivity index (χ2n) is 6.13. The number of rotatable bonds is 4. The molecule has 0 aromatic rings. The maximum Gasteiger partial charge on any atom is 0.307 e. The average Bonchev–Trinajstić information content (AvgIpc) is 2.48. The Morgan fingerprint density at radius 2 is 1.70 bits per heavy atom. The fourth-order valence-corrected chi connectivity index (χ4v) is 3.40. The molecular weight excluding hydrogens is 254 g/mol. The highest BCUT2D eigenvalue weighted by Gasteiger charge is 2.35. The highest BCUT2D eigenvalue weighted by molar-refractivity contribution is 5.85. The minimum Gasteiger partial charge on any atom is -0.481 e. The van der Waals surface area contributed by atoms with Crippen LogP contribution in [0, 0.1) is 17.8 Å². The molecule has 0 bridgehead atoms. The van der Waals surface area contributed by atoms with Gasteiger partial charge in [0.15, 0.2) is 0 Å². The molecule has 4 nitrogen and oxygen atoms in total. The van der Waals surface area contributed by atoms with Gasteiger partial charge >= 0.3 is 5.97 Å². The van der Waals surface area contributed by atoms with E-state index < -0.39 is 17.8 Å². The number of nitrogens with one attached hydrogen (secondary N) is 1. The molecule has 112 valence electrons. The van der Waals surface area contributed by atoms with Crippen LogP contribution in [-0.2, 0) is 9.59 Å². The maximum atomic E-state index is 12.3. The van der Waals surface area contributed by atoms with Crippen molar-refractivity contribution >= 4 is 11.9 Å². The van der Waals surface area contributed by atoms with E-state index in [0.29, 0.717) is 12.8 Å². The largest absolute Gasteiger partial charge is 0.481 e. The minimum atomic E-state index is -0.857. The van der Waals surface area contributed by atoms with Gasteiger partial charge in [0, 0.05) is 6.04 Å². The number of amides is 1. The third-order valence-electron chi connectivity index (χ3n) is 4.86. The first-order valence-corrected chi connectivity index (χ1v) is 7.80. The number of carboxylic acids is 1. The molecule has 2 aliphatic carbocycles. The predicted octanol–water partition coefficient (Wildman–Crippen LogP) is 2.74. The van der Waals surface area contributed by atoms with Gasteiger partial charge in [-0.25, -0.2) is 0 Å². The summed E-state index contributed by atoms with van der Waals surface area (Å²) in [6.45, 7) is 2.22. The Labute approximate surface area is 120 Å². The van der Waals surface area contributed by atoms with Gasteiger partial charge in [0.25, 0.3) is 0 Å². The van der Waals surface area contributed by atoms with Crippen LogP contribution in [-0.4, -0.2) is 23.0 Å². The number of hydrogen-bond donors (Lipinski definition) is 2. The van der Waals surface area contributed by atoms with E-state index in [4.69, 9.17) is 0 Å². The second kappa shape index (κ2) is 6.91. The van der Waals surface area contributed by atoms with Gasteiger partial charge in [-0.15, -0.1) is 0 Å². The quantitative estimate of drug-likeness (QED) is 0.778. The van der Waals surface area contributed by atoms with Crippen molar-refractivity contribution in [2.75, 3.05) is 0 Å². The van der Waals surface area contributed by atoms with Crippen LogP contribution in [0.3, 0.4) is 0 Å². The Balaban J connectivity index is 1.88. The molecule has 2 N–H and O–H groups in total. The van der Waals surface area contributed by atoms with Gasteiger partial charge in [-0.1, -0.05) is 25.5 Å². The van der Waals surface area contributed by atoms with Crippen molar-refractivity contribution in [3.05, 3.63) is 12.2 Å². The Morgan fingerprint density at radius 1 is 1.10 bits per heavy atom. The summed E-state index contributed by atoms with van der Waals surface area (Å²) in [6, 6.07) is 0.241. The Kier molecular flexibility index (Phi) is 5.21. The van der Waals surface area contributed by atoms with Gasteiger partial charge in [0.05, 0.1) is 11.8 Å². The monoisotopic (exact) mass is 279 g/mol. The third kappa shape index (κ3) is 3.62. The molecule has 0 heterocycles. The summed E-state index contributed by atoms with van der Waals surface area (Å²) in [7, 11) is 0. The van der Waals surface area contributed by atoms with E-state index in [1.54, 1.807) is 0 Å². The zero-order valence-corrected chi connectivity index (χ0v) is 12.2. The minimum absolute atomic E-state index is 0.0679. The maximum absolute atomic E-state index is 12.3. The van der Waals surface area contributed by atoms with E-state index in [9.17, 15) is 14.7 Å². The molecule has 0 aliphatic heterocycles. The molecule has 1 amide bonds. The van der Waals surface area contributed by atoms with E-state index in [1.807, 2.05) is 12.2 Å². The fraction of sp³-hybridized carbons (Fsp3) is 0.750. The van der Waals surface area contributed by atoms with Crippen LogP contribution in [0.25, 0.3) is 0 Å². The van der Waals surface area contributed by atoms with Crippen LogP contribution in [0.4, 0.5) is 0 Å². The molecule has 0 aromatic carbocycles. The van der Waals surface area contributed by atoms with Crippen LogP contribution < -0.4 is 5.32 Å². The van der Waals surface area contributed by atoms with E-state index in [0.717, 1.165) is 18.8 Å². The van der Waals surface area contributed by atoms with E-state index in [1.165, 1.54) is 19.3 Å². The molecular formula is C16H25NO3. The first kappa shape index (κ1) is 15.1. The topological polar surface area (TPSA) is 66.4 Å². The first-order chi connectivity index (χ1) is 9.61. The lowest BCUT2D eigenvalue weighted by Crippen LogP contribution is -2.44. The van der Waals surface area contributed by atoms with Crippen molar-refractivity contribution in [2.45, 2.75) is 57.9 Å². The summed E-state index contributed by atoms with van der Waals surface area (Å²) in [5.74, 6) is -1.09. The summed E-state index contributed by atoms with van der Waals surface area (Å²) in [5, 5.41) is 12.3. The van der Waals surface area contributed by atoms with Crippen molar-refractivity contribution in [2.24, 2.45) is 17.8 Å². The standard InChI is InChI=1S/C16H25NO3/c1-2-11-7-9-12(10-8-11)17-15(18)13-5-3-4-6-14(13)16(19)20/h3-4,11-14H,2,5-10H2,1H3,(H,17,18)(H,19,20).